The quantitative estimate of drug-likeness (QED) is 0.723. The Bertz CT molecular complexity index is 525. The maximum absolute atomic E-state index is 9.11. The molecule has 0 aliphatic carbocycles. The predicted octanol–water partition coefficient (Wildman–Crippen LogP) is 2.57. The third-order valence-electron chi connectivity index (χ3n) is 2.11. The van der Waals surface area contributed by atoms with Crippen LogP contribution in [0.2, 0.25) is 0 Å². The Morgan fingerprint density at radius 1 is 1.44 bits per heavy atom. The zero-order valence-electron chi connectivity index (χ0n) is 11.5. The minimum absolute atomic E-state index is 0. The van der Waals surface area contributed by atoms with Crippen molar-refractivity contribution in [3.05, 3.63) is 23.8 Å². The van der Waals surface area contributed by atoms with E-state index in [2.05, 4.69) is 5.10 Å². The van der Waals surface area contributed by atoms with Crippen molar-refractivity contribution in [2.24, 2.45) is 7.05 Å². The molecule has 0 saturated heterocycles. The molecule has 0 aliphatic heterocycles. The topological polar surface area (TPSA) is 81.1 Å². The van der Waals surface area contributed by atoms with Crippen LogP contribution in [0.4, 0.5) is 5.82 Å². The van der Waals surface area contributed by atoms with Crippen molar-refractivity contribution in [3.63, 3.8) is 0 Å². The first-order valence-electron chi connectivity index (χ1n) is 5.63. The van der Waals surface area contributed by atoms with E-state index in [0.717, 1.165) is 10.9 Å². The van der Waals surface area contributed by atoms with E-state index in [0.29, 0.717) is 5.82 Å². The molecule has 6 heteroatoms. The zero-order chi connectivity index (χ0) is 14.3. The third kappa shape index (κ3) is 4.46. The fourth-order valence-electron chi connectivity index (χ4n) is 1.52. The van der Waals surface area contributed by atoms with Crippen LogP contribution >= 0.6 is 0 Å². The van der Waals surface area contributed by atoms with Crippen molar-refractivity contribution in [2.45, 2.75) is 20.8 Å². The Balaban J connectivity index is 0. The molecule has 1 aromatic carbocycles. The first-order valence-corrected chi connectivity index (χ1v) is 7.15. The summed E-state index contributed by atoms with van der Waals surface area (Å²) in [5.41, 5.74) is 8.02. The predicted molar refractivity (Wildman–Crippen MR) is 80.0 cm³/mol. The number of fused-ring (bicyclic) bond motifs is 1. The van der Waals surface area contributed by atoms with E-state index in [1.54, 1.807) is 4.68 Å². The van der Waals surface area contributed by atoms with Crippen LogP contribution in [-0.4, -0.2) is 24.8 Å². The van der Waals surface area contributed by atoms with Crippen LogP contribution < -0.4 is 5.73 Å². The summed E-state index contributed by atoms with van der Waals surface area (Å²) in [6.45, 7) is 6.04. The molecule has 0 radical (unpaired) electrons. The highest BCUT2D eigenvalue weighted by Crippen LogP contribution is 2.22. The van der Waals surface area contributed by atoms with Gasteiger partial charge in [-0.2, -0.15) is 5.10 Å². The minimum Gasteiger partial charge on any atom is -0.382 e. The number of hydrogen-bond donors (Lipinski definition) is 2. The molecule has 1 unspecified atom stereocenters. The molecule has 0 aliphatic rings. The van der Waals surface area contributed by atoms with Gasteiger partial charge in [-0.3, -0.25) is 4.68 Å². The fraction of sp³-hybridized carbons (Fsp3) is 0.417. The van der Waals surface area contributed by atoms with Crippen molar-refractivity contribution < 1.29 is 10.2 Å². The van der Waals surface area contributed by atoms with Gasteiger partial charge in [0.1, 0.15) is 11.1 Å². The minimum atomic E-state index is -1.61. The molecule has 1 atom stereocenters. The van der Waals surface area contributed by atoms with Gasteiger partial charge in [0.05, 0.1) is 5.52 Å². The number of anilines is 1. The van der Waals surface area contributed by atoms with E-state index in [9.17, 15) is 0 Å². The molecule has 0 bridgehead atoms. The summed E-state index contributed by atoms with van der Waals surface area (Å²) < 4.78 is 18.4. The Morgan fingerprint density at radius 3 is 2.39 bits per heavy atom. The smallest absolute Gasteiger partial charge is 0.153 e. The number of nitrogens with two attached hydrogens (primary N) is 1. The maximum Gasteiger partial charge on any atom is 0.153 e. The molecule has 0 fully saturated rings. The SMILES string of the molecule is CC.CS(=O)O.Cc1cccc2c1c(N)nn2C.[HH]. The molecule has 104 valence electrons. The highest BCUT2D eigenvalue weighted by Gasteiger charge is 2.05. The molecule has 0 saturated carbocycles. The number of benzene rings is 1. The van der Waals surface area contributed by atoms with Gasteiger partial charge in [-0.1, -0.05) is 26.0 Å². The van der Waals surface area contributed by atoms with Gasteiger partial charge in [0.15, 0.2) is 5.82 Å². The largest absolute Gasteiger partial charge is 0.382 e. The second-order valence-electron chi connectivity index (χ2n) is 3.40. The van der Waals surface area contributed by atoms with Crippen molar-refractivity contribution in [1.82, 2.24) is 9.78 Å². The number of hydrogen-bond acceptors (Lipinski definition) is 3. The fourth-order valence-corrected chi connectivity index (χ4v) is 1.52. The second kappa shape index (κ2) is 7.84. The van der Waals surface area contributed by atoms with Crippen molar-refractivity contribution >= 4 is 27.8 Å². The van der Waals surface area contributed by atoms with Gasteiger partial charge in [-0.25, -0.2) is 4.21 Å². The average molecular weight is 273 g/mol. The summed E-state index contributed by atoms with van der Waals surface area (Å²) in [4.78, 5) is 0. The van der Waals surface area contributed by atoms with Crippen LogP contribution in [0.5, 0.6) is 0 Å². The molecule has 3 N–H and O–H groups in total. The first-order chi connectivity index (χ1) is 8.43. The Hall–Kier alpha value is -1.40. The van der Waals surface area contributed by atoms with E-state index >= 15 is 0 Å². The normalized spacial score (nSPS) is 11.0. The lowest BCUT2D eigenvalue weighted by atomic mass is 10.1. The molecule has 2 rings (SSSR count). The van der Waals surface area contributed by atoms with Gasteiger partial charge >= 0.3 is 0 Å². The number of aryl methyl sites for hydroxylation is 2. The van der Waals surface area contributed by atoms with Gasteiger partial charge in [0.25, 0.3) is 0 Å². The highest BCUT2D eigenvalue weighted by molar-refractivity contribution is 7.78. The summed E-state index contributed by atoms with van der Waals surface area (Å²) >= 11 is -1.61. The molecule has 1 aromatic heterocycles. The molecular weight excluding hydrogens is 250 g/mol. The summed E-state index contributed by atoms with van der Waals surface area (Å²) in [6.07, 6.45) is 1.19. The van der Waals surface area contributed by atoms with Gasteiger partial charge in [-0.05, 0) is 18.6 Å². The highest BCUT2D eigenvalue weighted by atomic mass is 32.2. The molecule has 18 heavy (non-hydrogen) atoms. The Morgan fingerprint density at radius 2 is 1.94 bits per heavy atom. The lowest BCUT2D eigenvalue weighted by Crippen LogP contribution is -1.90. The molecule has 5 nitrogen and oxygen atoms in total. The second-order valence-corrected chi connectivity index (χ2v) is 4.25. The van der Waals surface area contributed by atoms with Crippen LogP contribution in [0.15, 0.2) is 18.2 Å². The van der Waals surface area contributed by atoms with Crippen molar-refractivity contribution in [3.8, 4) is 0 Å². The van der Waals surface area contributed by atoms with E-state index in [4.69, 9.17) is 14.5 Å². The summed E-state index contributed by atoms with van der Waals surface area (Å²) in [5, 5.41) is 5.21. The van der Waals surface area contributed by atoms with E-state index < -0.39 is 11.1 Å². The van der Waals surface area contributed by atoms with Crippen LogP contribution in [0.1, 0.15) is 20.8 Å². The van der Waals surface area contributed by atoms with Crippen molar-refractivity contribution in [2.75, 3.05) is 12.0 Å². The molecule has 2 aromatic rings. The molecule has 0 spiro atoms. The number of nitrogen functional groups attached to an aromatic ring is 1. The van der Waals surface area contributed by atoms with E-state index in [1.807, 2.05) is 46.0 Å². The van der Waals surface area contributed by atoms with Gasteiger partial charge in [-0.15, -0.1) is 0 Å². The Kier molecular flexibility index (Phi) is 7.23. The molecule has 1 heterocycles. The first kappa shape index (κ1) is 16.6. The van der Waals surface area contributed by atoms with Crippen LogP contribution in [0, 0.1) is 6.92 Å². The molecular formula is C12H23N3O2S. The zero-order valence-corrected chi connectivity index (χ0v) is 12.3. The Labute approximate surface area is 112 Å². The standard InChI is InChI=1S/C9H11N3.C2H6.CH4O2S.H2/c1-6-4-3-5-7-8(6)9(10)11-12(7)2;1-2;1-4(2)3;/h3-5H,1-2H3,(H2,10,11);1-2H3;1H3,(H,2,3);1H. The summed E-state index contributed by atoms with van der Waals surface area (Å²) in [7, 11) is 1.90. The maximum atomic E-state index is 9.11. The van der Waals surface area contributed by atoms with Crippen LogP contribution in [0.25, 0.3) is 10.9 Å². The molecule has 0 amide bonds. The van der Waals surface area contributed by atoms with E-state index in [1.165, 1.54) is 11.8 Å². The lowest BCUT2D eigenvalue weighted by molar-refractivity contribution is 0.571. The monoisotopic (exact) mass is 273 g/mol. The van der Waals surface area contributed by atoms with Crippen molar-refractivity contribution in [1.29, 1.82) is 0 Å². The number of rotatable bonds is 0. The summed E-state index contributed by atoms with van der Waals surface area (Å²) in [6, 6.07) is 6.07. The van der Waals surface area contributed by atoms with Gasteiger partial charge in [0, 0.05) is 20.1 Å². The lowest BCUT2D eigenvalue weighted by Gasteiger charge is -1.95. The number of nitrogens with zero attached hydrogens (tertiary/aromatic N) is 2. The average Bonchev–Trinajstić information content (AvgIpc) is 2.58. The summed E-state index contributed by atoms with van der Waals surface area (Å²) in [5.74, 6) is 0.616. The van der Waals surface area contributed by atoms with Crippen LogP contribution in [0.3, 0.4) is 0 Å². The van der Waals surface area contributed by atoms with Crippen LogP contribution in [-0.2, 0) is 18.1 Å². The third-order valence-corrected chi connectivity index (χ3v) is 2.11. The van der Waals surface area contributed by atoms with Gasteiger partial charge < -0.3 is 10.3 Å². The van der Waals surface area contributed by atoms with E-state index in [-0.39, 0.29) is 1.43 Å². The van der Waals surface area contributed by atoms with Gasteiger partial charge in [0.2, 0.25) is 0 Å². The number of aromatic nitrogens is 2.